The van der Waals surface area contributed by atoms with Gasteiger partial charge in [0.05, 0.1) is 25.4 Å². The van der Waals surface area contributed by atoms with Crippen molar-refractivity contribution in [3.63, 3.8) is 0 Å². The average molecular weight is 901 g/mol. The van der Waals surface area contributed by atoms with Crippen LogP contribution in [0.5, 0.6) is 0 Å². The predicted octanol–water partition coefficient (Wildman–Crippen LogP) is 17.2. The Morgan fingerprint density at radius 3 is 1.11 bits per heavy atom. The molecule has 6 nitrogen and oxygen atoms in total. The summed E-state index contributed by atoms with van der Waals surface area (Å²) in [5, 5.41) is 23.1. The van der Waals surface area contributed by atoms with Gasteiger partial charge in [0, 0.05) is 12.8 Å². The Hall–Kier alpha value is -1.92. The van der Waals surface area contributed by atoms with E-state index in [-0.39, 0.29) is 18.5 Å². The van der Waals surface area contributed by atoms with Gasteiger partial charge in [-0.2, -0.15) is 0 Å². The van der Waals surface area contributed by atoms with Crippen molar-refractivity contribution in [3.05, 3.63) is 36.5 Å². The molecule has 6 heteroatoms. The molecule has 0 spiro atoms. The second kappa shape index (κ2) is 53.7. The number of carbonyl (C=O) groups excluding carboxylic acids is 2. The van der Waals surface area contributed by atoms with Crippen molar-refractivity contribution in [2.45, 2.75) is 309 Å². The van der Waals surface area contributed by atoms with E-state index in [4.69, 9.17) is 4.74 Å². The number of nitrogens with one attached hydrogen (secondary N) is 1. The van der Waals surface area contributed by atoms with Crippen LogP contribution in [0.2, 0.25) is 0 Å². The summed E-state index contributed by atoms with van der Waals surface area (Å²) in [6, 6.07) is -0.640. The van der Waals surface area contributed by atoms with Crippen molar-refractivity contribution in [2.24, 2.45) is 0 Å². The number of unbranched alkanes of at least 4 members (excludes halogenated alkanes) is 37. The minimum absolute atomic E-state index is 0.0199. The third-order valence-electron chi connectivity index (χ3n) is 12.9. The lowest BCUT2D eigenvalue weighted by molar-refractivity contribution is -0.143. The fourth-order valence-electron chi connectivity index (χ4n) is 8.50. The van der Waals surface area contributed by atoms with E-state index >= 15 is 0 Å². The average Bonchev–Trinajstić information content (AvgIpc) is 3.29. The maximum absolute atomic E-state index is 12.5. The molecule has 0 rings (SSSR count). The summed E-state index contributed by atoms with van der Waals surface area (Å²) in [5.41, 5.74) is 0. The van der Waals surface area contributed by atoms with E-state index in [0.717, 1.165) is 70.6 Å². The summed E-state index contributed by atoms with van der Waals surface area (Å²) in [5.74, 6) is -0.102. The molecule has 3 N–H and O–H groups in total. The van der Waals surface area contributed by atoms with E-state index in [1.54, 1.807) is 6.08 Å². The smallest absolute Gasteiger partial charge is 0.305 e. The van der Waals surface area contributed by atoms with Gasteiger partial charge < -0.3 is 20.3 Å². The molecule has 2 atom stereocenters. The van der Waals surface area contributed by atoms with E-state index in [0.29, 0.717) is 19.4 Å². The van der Waals surface area contributed by atoms with Crippen molar-refractivity contribution >= 4 is 11.9 Å². The van der Waals surface area contributed by atoms with Gasteiger partial charge in [0.2, 0.25) is 5.91 Å². The summed E-state index contributed by atoms with van der Waals surface area (Å²) in [7, 11) is 0. The van der Waals surface area contributed by atoms with Crippen molar-refractivity contribution in [1.29, 1.82) is 0 Å². The molecule has 0 aliphatic rings. The van der Waals surface area contributed by atoms with Gasteiger partial charge in [-0.15, -0.1) is 0 Å². The van der Waals surface area contributed by atoms with E-state index in [1.165, 1.54) is 199 Å². The monoisotopic (exact) mass is 900 g/mol. The third-order valence-corrected chi connectivity index (χ3v) is 12.9. The minimum Gasteiger partial charge on any atom is -0.466 e. The molecular weight excluding hydrogens is 791 g/mol. The van der Waals surface area contributed by atoms with Crippen LogP contribution in [0.25, 0.3) is 0 Å². The van der Waals surface area contributed by atoms with Gasteiger partial charge in [-0.05, 0) is 83.5 Å². The van der Waals surface area contributed by atoms with Crippen LogP contribution in [0.4, 0.5) is 0 Å². The molecule has 1 amide bonds. The van der Waals surface area contributed by atoms with Crippen LogP contribution in [0.1, 0.15) is 296 Å². The summed E-state index contributed by atoms with van der Waals surface area (Å²) >= 11 is 0. The summed E-state index contributed by atoms with van der Waals surface area (Å²) < 4.78 is 5.45. The largest absolute Gasteiger partial charge is 0.466 e. The molecule has 0 saturated heterocycles. The number of aliphatic hydroxyl groups excluding tert-OH is 2. The number of amides is 1. The maximum Gasteiger partial charge on any atom is 0.305 e. The standard InChI is InChI=1S/C58H109NO5/c1-3-5-7-9-11-13-15-17-19-20-21-23-26-30-34-38-42-46-50-56(61)55(54-60)59-57(62)51-47-43-39-35-31-27-24-22-25-29-33-37-41-45-49-53-64-58(63)52-48-44-40-36-32-28-18-16-14-12-10-8-6-4-2/h16,18,25,29,46,50,55-56,60-61H,3-15,17,19-24,26-28,30-45,47-49,51-54H2,1-2H3,(H,59,62)/b18-16-,29-25-,50-46+. The fraction of sp³-hybridized carbons (Fsp3) is 0.862. The second-order valence-electron chi connectivity index (χ2n) is 19.3. The first kappa shape index (κ1) is 62.1. The number of aliphatic hydroxyl groups is 2. The highest BCUT2D eigenvalue weighted by molar-refractivity contribution is 5.76. The van der Waals surface area contributed by atoms with Crippen molar-refractivity contribution < 1.29 is 24.5 Å². The predicted molar refractivity (Wildman–Crippen MR) is 278 cm³/mol. The molecule has 0 aliphatic carbocycles. The number of hydrogen-bond acceptors (Lipinski definition) is 5. The summed E-state index contributed by atoms with van der Waals surface area (Å²) in [6.45, 7) is 4.86. The number of esters is 1. The molecule has 0 aliphatic heterocycles. The lowest BCUT2D eigenvalue weighted by Gasteiger charge is -2.20. The van der Waals surface area contributed by atoms with E-state index in [2.05, 4.69) is 43.5 Å². The molecular formula is C58H109NO5. The Kier molecular flexibility index (Phi) is 52.1. The van der Waals surface area contributed by atoms with Crippen LogP contribution in [-0.2, 0) is 14.3 Å². The molecule has 2 unspecified atom stereocenters. The number of carbonyl (C=O) groups is 2. The van der Waals surface area contributed by atoms with E-state index in [9.17, 15) is 19.8 Å². The lowest BCUT2D eigenvalue weighted by atomic mass is 10.0. The first-order chi connectivity index (χ1) is 31.5. The Labute approximate surface area is 398 Å². The molecule has 0 saturated carbocycles. The summed E-state index contributed by atoms with van der Waals surface area (Å²) in [6.07, 6.45) is 65.8. The quantitative estimate of drug-likeness (QED) is 0.0321. The number of rotatable bonds is 52. The van der Waals surface area contributed by atoms with Crippen LogP contribution in [-0.4, -0.2) is 47.4 Å². The zero-order valence-corrected chi connectivity index (χ0v) is 42.8. The molecule has 0 aromatic carbocycles. The van der Waals surface area contributed by atoms with Crippen molar-refractivity contribution in [2.75, 3.05) is 13.2 Å². The van der Waals surface area contributed by atoms with E-state index < -0.39 is 12.1 Å². The highest BCUT2D eigenvalue weighted by Gasteiger charge is 2.18. The Morgan fingerprint density at radius 1 is 0.422 bits per heavy atom. The normalized spacial score (nSPS) is 12.9. The SMILES string of the molecule is CCCCCCC/C=C\CCCCCCCC(=O)OCCCCCC/C=C\CCCCCCCCCC(=O)NC(CO)C(O)/C=C/CCCCCCCCCCCCCCCCCC. The van der Waals surface area contributed by atoms with Crippen LogP contribution in [0.3, 0.4) is 0 Å². The highest BCUT2D eigenvalue weighted by Crippen LogP contribution is 2.16. The zero-order valence-electron chi connectivity index (χ0n) is 42.8. The third kappa shape index (κ3) is 49.5. The highest BCUT2D eigenvalue weighted by atomic mass is 16.5. The molecule has 0 aromatic heterocycles. The zero-order chi connectivity index (χ0) is 46.5. The van der Waals surface area contributed by atoms with Gasteiger partial charge in [-0.25, -0.2) is 0 Å². The van der Waals surface area contributed by atoms with Gasteiger partial charge >= 0.3 is 5.97 Å². The number of hydrogen-bond donors (Lipinski definition) is 3. The number of ether oxygens (including phenoxy) is 1. The second-order valence-corrected chi connectivity index (χ2v) is 19.3. The number of allylic oxidation sites excluding steroid dienone is 5. The van der Waals surface area contributed by atoms with Crippen molar-refractivity contribution in [1.82, 2.24) is 5.32 Å². The molecule has 0 radical (unpaired) electrons. The van der Waals surface area contributed by atoms with Crippen LogP contribution in [0.15, 0.2) is 36.5 Å². The van der Waals surface area contributed by atoms with Crippen molar-refractivity contribution in [3.8, 4) is 0 Å². The van der Waals surface area contributed by atoms with Crippen LogP contribution < -0.4 is 5.32 Å². The Morgan fingerprint density at radius 2 is 0.734 bits per heavy atom. The molecule has 0 bridgehead atoms. The van der Waals surface area contributed by atoms with Gasteiger partial charge in [-0.3, -0.25) is 9.59 Å². The van der Waals surface area contributed by atoms with Gasteiger partial charge in [0.15, 0.2) is 0 Å². The summed E-state index contributed by atoms with van der Waals surface area (Å²) in [4.78, 5) is 24.5. The molecule has 0 aromatic rings. The molecule has 64 heavy (non-hydrogen) atoms. The Balaban J connectivity index is 3.52. The molecule has 376 valence electrons. The molecule has 0 heterocycles. The van der Waals surface area contributed by atoms with Gasteiger partial charge in [0.1, 0.15) is 0 Å². The topological polar surface area (TPSA) is 95.9 Å². The van der Waals surface area contributed by atoms with Gasteiger partial charge in [-0.1, -0.05) is 237 Å². The van der Waals surface area contributed by atoms with E-state index in [1.807, 2.05) is 6.08 Å². The maximum atomic E-state index is 12.5. The van der Waals surface area contributed by atoms with Gasteiger partial charge in [0.25, 0.3) is 0 Å². The van der Waals surface area contributed by atoms with Crippen LogP contribution in [0, 0.1) is 0 Å². The van der Waals surface area contributed by atoms with Crippen LogP contribution >= 0.6 is 0 Å². The first-order valence-electron chi connectivity index (χ1n) is 28.3. The molecule has 0 fully saturated rings. The lowest BCUT2D eigenvalue weighted by Crippen LogP contribution is -2.45. The first-order valence-corrected chi connectivity index (χ1v) is 28.3. The Bertz CT molecular complexity index is 1040. The minimum atomic E-state index is -0.855. The fourth-order valence-corrected chi connectivity index (χ4v) is 8.50.